The Morgan fingerprint density at radius 3 is 2.77 bits per heavy atom. The van der Waals surface area contributed by atoms with Gasteiger partial charge in [-0.2, -0.15) is 0 Å². The van der Waals surface area contributed by atoms with E-state index in [4.69, 9.17) is 4.74 Å². The molecule has 1 heteroatoms. The molecule has 1 aromatic rings. The monoisotopic (exact) mass is 176 g/mol. The number of aryl methyl sites for hydroxylation is 1. The third kappa shape index (κ3) is 1.92. The van der Waals surface area contributed by atoms with Crippen LogP contribution in [0.15, 0.2) is 24.3 Å². The molecule has 13 heavy (non-hydrogen) atoms. The number of fused-ring (bicyclic) bond motifs is 1. The van der Waals surface area contributed by atoms with Gasteiger partial charge in [-0.05, 0) is 36.8 Å². The smallest absolute Gasteiger partial charge is 0.0611 e. The van der Waals surface area contributed by atoms with Crippen molar-refractivity contribution in [2.75, 3.05) is 7.11 Å². The Morgan fingerprint density at radius 2 is 2.00 bits per heavy atom. The molecule has 0 fully saturated rings. The van der Waals surface area contributed by atoms with Crippen LogP contribution in [0.1, 0.15) is 24.0 Å². The zero-order valence-electron chi connectivity index (χ0n) is 8.12. The van der Waals surface area contributed by atoms with Crippen molar-refractivity contribution in [1.29, 1.82) is 0 Å². The van der Waals surface area contributed by atoms with E-state index in [0.717, 1.165) is 6.42 Å². The SMILES string of the molecule is COC1CCCc2ccccc2C1. The van der Waals surface area contributed by atoms with Gasteiger partial charge in [0.25, 0.3) is 0 Å². The van der Waals surface area contributed by atoms with Crippen molar-refractivity contribution in [3.63, 3.8) is 0 Å². The van der Waals surface area contributed by atoms with Crippen LogP contribution in [0.2, 0.25) is 0 Å². The van der Waals surface area contributed by atoms with Crippen molar-refractivity contribution >= 4 is 0 Å². The van der Waals surface area contributed by atoms with Crippen molar-refractivity contribution < 1.29 is 4.74 Å². The van der Waals surface area contributed by atoms with E-state index in [9.17, 15) is 0 Å². The predicted octanol–water partition coefficient (Wildman–Crippen LogP) is 2.58. The van der Waals surface area contributed by atoms with Gasteiger partial charge in [0.2, 0.25) is 0 Å². The van der Waals surface area contributed by atoms with Gasteiger partial charge < -0.3 is 4.74 Å². The highest BCUT2D eigenvalue weighted by molar-refractivity contribution is 5.28. The molecular formula is C12H16O. The van der Waals surface area contributed by atoms with Crippen LogP contribution in [0, 0.1) is 0 Å². The highest BCUT2D eigenvalue weighted by Gasteiger charge is 2.14. The summed E-state index contributed by atoms with van der Waals surface area (Å²) in [6.45, 7) is 0. The minimum absolute atomic E-state index is 0.434. The van der Waals surface area contributed by atoms with Crippen molar-refractivity contribution in [1.82, 2.24) is 0 Å². The van der Waals surface area contributed by atoms with Crippen LogP contribution in [0.3, 0.4) is 0 Å². The Hall–Kier alpha value is -0.820. The summed E-state index contributed by atoms with van der Waals surface area (Å²) >= 11 is 0. The lowest BCUT2D eigenvalue weighted by Gasteiger charge is -2.11. The molecule has 1 aliphatic rings. The first kappa shape index (κ1) is 8.76. The molecule has 0 radical (unpaired) electrons. The Bertz CT molecular complexity index is 280. The fourth-order valence-electron chi connectivity index (χ4n) is 2.07. The van der Waals surface area contributed by atoms with E-state index in [1.54, 1.807) is 0 Å². The minimum Gasteiger partial charge on any atom is -0.381 e. The normalized spacial score (nSPS) is 22.1. The van der Waals surface area contributed by atoms with Crippen LogP contribution in [-0.2, 0) is 17.6 Å². The Labute approximate surface area is 79.7 Å². The molecule has 0 aromatic heterocycles. The fraction of sp³-hybridized carbons (Fsp3) is 0.500. The first-order valence-corrected chi connectivity index (χ1v) is 4.99. The summed E-state index contributed by atoms with van der Waals surface area (Å²) in [4.78, 5) is 0. The minimum atomic E-state index is 0.434. The molecule has 0 aliphatic heterocycles. The zero-order valence-corrected chi connectivity index (χ0v) is 8.12. The molecule has 0 bridgehead atoms. The zero-order chi connectivity index (χ0) is 9.10. The van der Waals surface area contributed by atoms with Crippen LogP contribution < -0.4 is 0 Å². The largest absolute Gasteiger partial charge is 0.381 e. The molecule has 0 saturated carbocycles. The number of hydrogen-bond donors (Lipinski definition) is 0. The lowest BCUT2D eigenvalue weighted by Crippen LogP contribution is -2.12. The van der Waals surface area contributed by atoms with Crippen molar-refractivity contribution in [2.45, 2.75) is 31.8 Å². The summed E-state index contributed by atoms with van der Waals surface area (Å²) in [6.07, 6.45) is 5.20. The lowest BCUT2D eigenvalue weighted by molar-refractivity contribution is 0.0960. The second-order valence-electron chi connectivity index (χ2n) is 3.72. The van der Waals surface area contributed by atoms with Gasteiger partial charge in [0.05, 0.1) is 6.10 Å². The summed E-state index contributed by atoms with van der Waals surface area (Å²) in [6, 6.07) is 8.73. The van der Waals surface area contributed by atoms with E-state index in [0.29, 0.717) is 6.10 Å². The maximum Gasteiger partial charge on any atom is 0.0611 e. The molecule has 0 N–H and O–H groups in total. The molecule has 0 heterocycles. The first-order valence-electron chi connectivity index (χ1n) is 4.99. The van der Waals surface area contributed by atoms with Crippen LogP contribution in [0.5, 0.6) is 0 Å². The molecule has 2 rings (SSSR count). The highest BCUT2D eigenvalue weighted by atomic mass is 16.5. The average Bonchev–Trinajstić information content (AvgIpc) is 2.38. The second-order valence-corrected chi connectivity index (χ2v) is 3.72. The third-order valence-electron chi connectivity index (χ3n) is 2.87. The standard InChI is InChI=1S/C12H16O/c1-13-12-8-4-7-10-5-2-3-6-11(10)9-12/h2-3,5-6,12H,4,7-9H2,1H3. The van der Waals surface area contributed by atoms with Crippen LogP contribution in [-0.4, -0.2) is 13.2 Å². The second kappa shape index (κ2) is 3.93. The fourth-order valence-corrected chi connectivity index (χ4v) is 2.07. The molecule has 0 amide bonds. The molecule has 1 aromatic carbocycles. The van der Waals surface area contributed by atoms with E-state index in [2.05, 4.69) is 24.3 Å². The summed E-state index contributed by atoms with van der Waals surface area (Å²) in [5, 5.41) is 0. The molecule has 70 valence electrons. The summed E-state index contributed by atoms with van der Waals surface area (Å²) < 4.78 is 5.43. The summed E-state index contributed by atoms with van der Waals surface area (Å²) in [7, 11) is 1.82. The van der Waals surface area contributed by atoms with Gasteiger partial charge >= 0.3 is 0 Å². The molecule has 0 spiro atoms. The molecular weight excluding hydrogens is 160 g/mol. The Morgan fingerprint density at radius 1 is 1.23 bits per heavy atom. The number of rotatable bonds is 1. The Balaban J connectivity index is 2.23. The summed E-state index contributed by atoms with van der Waals surface area (Å²) in [5.74, 6) is 0. The lowest BCUT2D eigenvalue weighted by atomic mass is 10.0. The van der Waals surface area contributed by atoms with Gasteiger partial charge in [-0.25, -0.2) is 0 Å². The number of benzene rings is 1. The average molecular weight is 176 g/mol. The predicted molar refractivity (Wildman–Crippen MR) is 53.9 cm³/mol. The molecule has 0 saturated heterocycles. The molecule has 1 aliphatic carbocycles. The topological polar surface area (TPSA) is 9.23 Å². The van der Waals surface area contributed by atoms with Gasteiger partial charge in [0.1, 0.15) is 0 Å². The Kier molecular flexibility index (Phi) is 2.65. The van der Waals surface area contributed by atoms with E-state index >= 15 is 0 Å². The van der Waals surface area contributed by atoms with E-state index in [-0.39, 0.29) is 0 Å². The quantitative estimate of drug-likeness (QED) is 0.598. The maximum absolute atomic E-state index is 5.43. The number of hydrogen-bond acceptors (Lipinski definition) is 1. The van der Waals surface area contributed by atoms with Gasteiger partial charge in [-0.1, -0.05) is 24.3 Å². The van der Waals surface area contributed by atoms with Gasteiger partial charge in [-0.15, -0.1) is 0 Å². The van der Waals surface area contributed by atoms with E-state index in [1.807, 2.05) is 7.11 Å². The molecule has 1 unspecified atom stereocenters. The third-order valence-corrected chi connectivity index (χ3v) is 2.87. The van der Waals surface area contributed by atoms with Crippen molar-refractivity contribution in [3.05, 3.63) is 35.4 Å². The number of ether oxygens (including phenoxy) is 1. The van der Waals surface area contributed by atoms with Gasteiger partial charge in [-0.3, -0.25) is 0 Å². The highest BCUT2D eigenvalue weighted by Crippen LogP contribution is 2.21. The first-order chi connectivity index (χ1) is 6.40. The summed E-state index contributed by atoms with van der Waals surface area (Å²) in [5.41, 5.74) is 2.99. The molecule has 1 atom stereocenters. The van der Waals surface area contributed by atoms with Crippen molar-refractivity contribution in [2.24, 2.45) is 0 Å². The van der Waals surface area contributed by atoms with Crippen molar-refractivity contribution in [3.8, 4) is 0 Å². The number of methoxy groups -OCH3 is 1. The molecule has 1 nitrogen and oxygen atoms in total. The van der Waals surface area contributed by atoms with Crippen LogP contribution in [0.25, 0.3) is 0 Å². The van der Waals surface area contributed by atoms with Crippen LogP contribution in [0.4, 0.5) is 0 Å². The maximum atomic E-state index is 5.43. The van der Waals surface area contributed by atoms with Gasteiger partial charge in [0.15, 0.2) is 0 Å². The van der Waals surface area contributed by atoms with Gasteiger partial charge in [0, 0.05) is 7.11 Å². The van der Waals surface area contributed by atoms with E-state index < -0.39 is 0 Å². The van der Waals surface area contributed by atoms with Crippen LogP contribution >= 0.6 is 0 Å². The van der Waals surface area contributed by atoms with E-state index in [1.165, 1.54) is 30.4 Å².